The lowest BCUT2D eigenvalue weighted by atomic mass is 9.86. The number of hydrogen-bond donors (Lipinski definition) is 1. The normalized spacial score (nSPS) is 20.3. The Bertz CT molecular complexity index is 1230. The molecule has 0 unspecified atom stereocenters. The van der Waals surface area contributed by atoms with Crippen molar-refractivity contribution in [3.8, 4) is 11.5 Å². The molecule has 1 saturated heterocycles. The third-order valence-electron chi connectivity index (χ3n) is 6.65. The first-order chi connectivity index (χ1) is 15.9. The van der Waals surface area contributed by atoms with Gasteiger partial charge < -0.3 is 24.3 Å². The summed E-state index contributed by atoms with van der Waals surface area (Å²) in [6.45, 7) is 4.81. The molecular formula is C26H29N3O4. The quantitative estimate of drug-likeness (QED) is 0.649. The Morgan fingerprint density at radius 3 is 2.55 bits per heavy atom. The number of H-pyrrole nitrogens is 1. The van der Waals surface area contributed by atoms with Crippen LogP contribution < -0.4 is 9.47 Å². The van der Waals surface area contributed by atoms with Crippen LogP contribution in [0, 0.1) is 5.92 Å². The van der Waals surface area contributed by atoms with Crippen LogP contribution in [-0.2, 0) is 16.0 Å². The fourth-order valence-electron chi connectivity index (χ4n) is 5.29. The molecule has 7 heteroatoms. The second-order valence-electron chi connectivity index (χ2n) is 9.21. The van der Waals surface area contributed by atoms with E-state index >= 15 is 0 Å². The molecule has 3 aromatic rings. The summed E-state index contributed by atoms with van der Waals surface area (Å²) in [5, 5.41) is 1.10. The first-order valence-electron chi connectivity index (χ1n) is 11.3. The van der Waals surface area contributed by atoms with E-state index in [1.54, 1.807) is 24.0 Å². The molecule has 2 amide bonds. The number of carbonyl (C=O) groups is 2. The highest BCUT2D eigenvalue weighted by Gasteiger charge is 2.48. The number of aromatic nitrogens is 1. The fraction of sp³-hybridized carbons (Fsp3) is 0.385. The van der Waals surface area contributed by atoms with Crippen LogP contribution in [0.1, 0.15) is 36.7 Å². The first-order valence-corrected chi connectivity index (χ1v) is 11.3. The molecule has 0 bridgehead atoms. The van der Waals surface area contributed by atoms with E-state index in [0.717, 1.165) is 27.7 Å². The third kappa shape index (κ3) is 3.43. The van der Waals surface area contributed by atoms with Crippen LogP contribution in [-0.4, -0.2) is 59.9 Å². The molecule has 0 spiro atoms. The standard InChI is InChI=1S/C26H29N3O4/c1-15(2)13-28-14-23(30)29-20(26(28)31)12-18-17-7-5-6-8-19(17)27-24(18)25(29)16-9-10-21(32-3)22(11-16)33-4/h5-11,15,20,25,27H,12-14H2,1-4H3/t20-,25-/m0/s1. The number of rotatable bonds is 5. The van der Waals surface area contributed by atoms with Gasteiger partial charge in [-0.2, -0.15) is 0 Å². The van der Waals surface area contributed by atoms with Gasteiger partial charge in [-0.15, -0.1) is 0 Å². The minimum Gasteiger partial charge on any atom is -0.493 e. The minimum absolute atomic E-state index is 0.0182. The molecule has 5 rings (SSSR count). The number of fused-ring (bicyclic) bond motifs is 4. The molecule has 1 aromatic heterocycles. The molecule has 3 heterocycles. The Morgan fingerprint density at radius 2 is 1.82 bits per heavy atom. The van der Waals surface area contributed by atoms with Gasteiger partial charge in [0.25, 0.3) is 0 Å². The summed E-state index contributed by atoms with van der Waals surface area (Å²) in [6.07, 6.45) is 0.502. The van der Waals surface area contributed by atoms with Gasteiger partial charge in [0.2, 0.25) is 11.8 Å². The number of para-hydroxylation sites is 1. The van der Waals surface area contributed by atoms with Crippen LogP contribution in [0.25, 0.3) is 10.9 Å². The van der Waals surface area contributed by atoms with Crippen LogP contribution in [0.2, 0.25) is 0 Å². The van der Waals surface area contributed by atoms with Crippen molar-refractivity contribution < 1.29 is 19.1 Å². The first kappa shape index (κ1) is 21.4. The average molecular weight is 448 g/mol. The summed E-state index contributed by atoms with van der Waals surface area (Å²) in [6, 6.07) is 12.9. The summed E-state index contributed by atoms with van der Waals surface area (Å²) in [5.41, 5.74) is 3.94. The highest BCUT2D eigenvalue weighted by Crippen LogP contribution is 2.44. The molecular weight excluding hydrogens is 418 g/mol. The number of amides is 2. The fourth-order valence-corrected chi connectivity index (χ4v) is 5.29. The number of nitrogens with one attached hydrogen (secondary N) is 1. The molecule has 0 radical (unpaired) electrons. The largest absolute Gasteiger partial charge is 0.493 e. The van der Waals surface area contributed by atoms with Crippen molar-refractivity contribution in [3.05, 3.63) is 59.3 Å². The van der Waals surface area contributed by atoms with Crippen molar-refractivity contribution in [1.82, 2.24) is 14.8 Å². The maximum atomic E-state index is 13.6. The third-order valence-corrected chi connectivity index (χ3v) is 6.65. The SMILES string of the molecule is COc1ccc([C@H]2c3[nH]c4ccccc4c3C[C@H]3C(=O)N(CC(C)C)CC(=O)N23)cc1OC. The lowest BCUT2D eigenvalue weighted by Gasteiger charge is -2.47. The van der Waals surface area contributed by atoms with E-state index in [-0.39, 0.29) is 18.4 Å². The zero-order chi connectivity index (χ0) is 23.3. The molecule has 1 fully saturated rings. The number of methoxy groups -OCH3 is 2. The number of carbonyl (C=O) groups excluding carboxylic acids is 2. The highest BCUT2D eigenvalue weighted by atomic mass is 16.5. The van der Waals surface area contributed by atoms with Gasteiger partial charge in [-0.3, -0.25) is 9.59 Å². The molecule has 2 aromatic carbocycles. The van der Waals surface area contributed by atoms with Gasteiger partial charge in [-0.25, -0.2) is 0 Å². The zero-order valence-electron chi connectivity index (χ0n) is 19.4. The van der Waals surface area contributed by atoms with E-state index < -0.39 is 12.1 Å². The topological polar surface area (TPSA) is 74.9 Å². The molecule has 2 aliphatic rings. The van der Waals surface area contributed by atoms with Crippen LogP contribution in [0.4, 0.5) is 0 Å². The predicted molar refractivity (Wildman–Crippen MR) is 125 cm³/mol. The van der Waals surface area contributed by atoms with E-state index in [1.807, 2.05) is 36.4 Å². The van der Waals surface area contributed by atoms with Crippen LogP contribution in [0.5, 0.6) is 11.5 Å². The highest BCUT2D eigenvalue weighted by molar-refractivity contribution is 5.97. The van der Waals surface area contributed by atoms with Gasteiger partial charge >= 0.3 is 0 Å². The van der Waals surface area contributed by atoms with Crippen molar-refractivity contribution in [2.45, 2.75) is 32.4 Å². The number of aromatic amines is 1. The van der Waals surface area contributed by atoms with E-state index in [0.29, 0.717) is 30.4 Å². The van der Waals surface area contributed by atoms with Crippen LogP contribution in [0.3, 0.4) is 0 Å². The van der Waals surface area contributed by atoms with E-state index in [9.17, 15) is 9.59 Å². The van der Waals surface area contributed by atoms with Crippen molar-refractivity contribution in [1.29, 1.82) is 0 Å². The number of ether oxygens (including phenoxy) is 2. The van der Waals surface area contributed by atoms with Crippen LogP contribution in [0.15, 0.2) is 42.5 Å². The van der Waals surface area contributed by atoms with Gasteiger partial charge in [0.05, 0.1) is 26.8 Å². The van der Waals surface area contributed by atoms with Gasteiger partial charge in [0.15, 0.2) is 11.5 Å². The molecule has 33 heavy (non-hydrogen) atoms. The van der Waals surface area contributed by atoms with Crippen molar-refractivity contribution in [2.24, 2.45) is 5.92 Å². The van der Waals surface area contributed by atoms with Crippen molar-refractivity contribution in [3.63, 3.8) is 0 Å². The van der Waals surface area contributed by atoms with Gasteiger partial charge in [0.1, 0.15) is 6.04 Å². The maximum absolute atomic E-state index is 13.6. The lowest BCUT2D eigenvalue weighted by molar-refractivity contribution is -0.159. The van der Waals surface area contributed by atoms with Gasteiger partial charge in [-0.05, 0) is 35.2 Å². The van der Waals surface area contributed by atoms with Crippen molar-refractivity contribution in [2.75, 3.05) is 27.3 Å². The number of nitrogens with zero attached hydrogens (tertiary/aromatic N) is 2. The molecule has 0 aliphatic carbocycles. The molecule has 2 aliphatic heterocycles. The Hall–Kier alpha value is -3.48. The number of hydrogen-bond acceptors (Lipinski definition) is 4. The summed E-state index contributed by atoms with van der Waals surface area (Å²) in [4.78, 5) is 34.2. The molecule has 1 N–H and O–H groups in total. The summed E-state index contributed by atoms with van der Waals surface area (Å²) < 4.78 is 11.0. The monoisotopic (exact) mass is 447 g/mol. The molecule has 172 valence electrons. The Labute approximate surface area is 193 Å². The number of benzene rings is 2. The second-order valence-corrected chi connectivity index (χ2v) is 9.21. The summed E-state index contributed by atoms with van der Waals surface area (Å²) in [7, 11) is 3.19. The molecule has 2 atom stereocenters. The lowest BCUT2D eigenvalue weighted by Crippen LogP contribution is -2.63. The molecule has 7 nitrogen and oxygen atoms in total. The Kier molecular flexibility index (Phi) is 5.27. The van der Waals surface area contributed by atoms with E-state index in [4.69, 9.17) is 9.47 Å². The van der Waals surface area contributed by atoms with Gasteiger partial charge in [0, 0.05) is 29.6 Å². The minimum atomic E-state index is -0.533. The van der Waals surface area contributed by atoms with Gasteiger partial charge in [-0.1, -0.05) is 38.1 Å². The van der Waals surface area contributed by atoms with Crippen LogP contribution >= 0.6 is 0 Å². The predicted octanol–water partition coefficient (Wildman–Crippen LogP) is 3.53. The second kappa shape index (κ2) is 8.14. The average Bonchev–Trinajstić information content (AvgIpc) is 3.18. The summed E-state index contributed by atoms with van der Waals surface area (Å²) >= 11 is 0. The Morgan fingerprint density at radius 1 is 1.06 bits per heavy atom. The molecule has 0 saturated carbocycles. The van der Waals surface area contributed by atoms with E-state index in [2.05, 4.69) is 24.9 Å². The summed E-state index contributed by atoms with van der Waals surface area (Å²) in [5.74, 6) is 1.48. The number of piperazine rings is 1. The maximum Gasteiger partial charge on any atom is 0.246 e. The van der Waals surface area contributed by atoms with E-state index in [1.165, 1.54) is 0 Å². The zero-order valence-corrected chi connectivity index (χ0v) is 19.4. The van der Waals surface area contributed by atoms with Crippen molar-refractivity contribution >= 4 is 22.7 Å². The smallest absolute Gasteiger partial charge is 0.246 e. The Balaban J connectivity index is 1.69.